The van der Waals surface area contributed by atoms with Gasteiger partial charge in [-0.25, -0.2) is 4.98 Å². The third kappa shape index (κ3) is 2.99. The van der Waals surface area contributed by atoms with Crippen LogP contribution in [0.2, 0.25) is 0 Å². The number of nitrogen functional groups attached to an aromatic ring is 1. The van der Waals surface area contributed by atoms with Crippen LogP contribution in [0.5, 0.6) is 0 Å². The Morgan fingerprint density at radius 3 is 2.46 bits per heavy atom. The summed E-state index contributed by atoms with van der Waals surface area (Å²) in [6.07, 6.45) is 10.9. The normalized spacial score (nSPS) is 16.3. The van der Waals surface area contributed by atoms with E-state index < -0.39 is 0 Å². The van der Waals surface area contributed by atoms with Crippen LogP contribution >= 0.6 is 0 Å². The molecule has 1 aliphatic heterocycles. The summed E-state index contributed by atoms with van der Waals surface area (Å²) in [5.74, 6) is 0. The van der Waals surface area contributed by atoms with Crippen molar-refractivity contribution in [2.75, 3.05) is 18.8 Å². The molecule has 1 aliphatic rings. The first-order valence-electron chi connectivity index (χ1n) is 8.70. The molecule has 1 saturated heterocycles. The van der Waals surface area contributed by atoms with E-state index in [4.69, 9.17) is 10.7 Å². The fourth-order valence-corrected chi connectivity index (χ4v) is 3.51. The first-order chi connectivity index (χ1) is 11.8. The molecule has 3 aromatic rings. The monoisotopic (exact) mass is 321 g/mol. The van der Waals surface area contributed by atoms with Crippen molar-refractivity contribution in [2.45, 2.75) is 32.2 Å². The van der Waals surface area contributed by atoms with Crippen molar-refractivity contribution < 1.29 is 0 Å². The lowest BCUT2D eigenvalue weighted by Crippen LogP contribution is -2.25. The van der Waals surface area contributed by atoms with Gasteiger partial charge in [0.1, 0.15) is 5.65 Å². The van der Waals surface area contributed by atoms with E-state index >= 15 is 0 Å². The van der Waals surface area contributed by atoms with Crippen LogP contribution in [0.3, 0.4) is 0 Å². The third-order valence-electron chi connectivity index (χ3n) is 4.77. The summed E-state index contributed by atoms with van der Waals surface area (Å²) in [6.45, 7) is 3.22. The van der Waals surface area contributed by atoms with E-state index in [-0.39, 0.29) is 0 Å². The standard InChI is InChI=1S/C19H23N5/c20-16-5-6-18-22-19(15-7-9-21-10-8-15)17(24(18)13-16)14-23-11-3-1-2-4-12-23/h5-10,13H,1-4,11-12,14,20H2. The highest BCUT2D eigenvalue weighted by molar-refractivity contribution is 5.67. The van der Waals surface area contributed by atoms with Gasteiger partial charge in [0.15, 0.2) is 0 Å². The molecule has 124 valence electrons. The molecule has 0 spiro atoms. The second-order valence-corrected chi connectivity index (χ2v) is 6.52. The molecule has 5 nitrogen and oxygen atoms in total. The van der Waals surface area contributed by atoms with Gasteiger partial charge in [-0.05, 0) is 50.2 Å². The van der Waals surface area contributed by atoms with Crippen molar-refractivity contribution in [1.29, 1.82) is 0 Å². The number of likely N-dealkylation sites (tertiary alicyclic amines) is 1. The molecule has 0 atom stereocenters. The minimum atomic E-state index is 0.762. The topological polar surface area (TPSA) is 59.5 Å². The lowest BCUT2D eigenvalue weighted by Gasteiger charge is -2.20. The van der Waals surface area contributed by atoms with Crippen molar-refractivity contribution in [3.8, 4) is 11.3 Å². The first-order valence-corrected chi connectivity index (χ1v) is 8.70. The molecule has 0 unspecified atom stereocenters. The second-order valence-electron chi connectivity index (χ2n) is 6.52. The molecule has 4 heterocycles. The molecule has 0 radical (unpaired) electrons. The molecule has 5 heteroatoms. The van der Waals surface area contributed by atoms with Gasteiger partial charge in [0.05, 0.1) is 11.4 Å². The quantitative estimate of drug-likeness (QED) is 0.803. The van der Waals surface area contributed by atoms with Crippen LogP contribution in [0.1, 0.15) is 31.4 Å². The van der Waals surface area contributed by atoms with Crippen molar-refractivity contribution in [1.82, 2.24) is 19.3 Å². The number of nitrogens with zero attached hydrogens (tertiary/aromatic N) is 4. The molecule has 24 heavy (non-hydrogen) atoms. The lowest BCUT2D eigenvalue weighted by atomic mass is 10.1. The van der Waals surface area contributed by atoms with Gasteiger partial charge in [0, 0.05) is 36.4 Å². The number of imidazole rings is 1. The number of aromatic nitrogens is 3. The molecule has 0 aromatic carbocycles. The van der Waals surface area contributed by atoms with Crippen molar-refractivity contribution in [3.05, 3.63) is 48.5 Å². The van der Waals surface area contributed by atoms with E-state index in [1.54, 1.807) is 0 Å². The zero-order valence-electron chi connectivity index (χ0n) is 13.9. The Morgan fingerprint density at radius 2 is 1.71 bits per heavy atom. The third-order valence-corrected chi connectivity index (χ3v) is 4.77. The molecule has 4 rings (SSSR count). The minimum absolute atomic E-state index is 0.762. The van der Waals surface area contributed by atoms with E-state index in [2.05, 4.69) is 14.3 Å². The van der Waals surface area contributed by atoms with E-state index in [0.717, 1.165) is 42.2 Å². The molecule has 0 bridgehead atoms. The average molecular weight is 321 g/mol. The van der Waals surface area contributed by atoms with E-state index in [1.165, 1.54) is 31.4 Å². The lowest BCUT2D eigenvalue weighted by molar-refractivity contribution is 0.273. The van der Waals surface area contributed by atoms with Crippen molar-refractivity contribution >= 4 is 11.3 Å². The second kappa shape index (κ2) is 6.61. The predicted octanol–water partition coefficient (Wildman–Crippen LogP) is 3.35. The van der Waals surface area contributed by atoms with Crippen LogP contribution in [-0.2, 0) is 6.54 Å². The molecule has 3 aromatic heterocycles. The summed E-state index contributed by atoms with van der Waals surface area (Å²) in [4.78, 5) is 11.5. The Bertz CT molecular complexity index is 816. The Labute approximate surface area is 142 Å². The Hall–Kier alpha value is -2.40. The molecule has 1 fully saturated rings. The number of hydrogen-bond acceptors (Lipinski definition) is 4. The highest BCUT2D eigenvalue weighted by Crippen LogP contribution is 2.26. The maximum absolute atomic E-state index is 6.03. The highest BCUT2D eigenvalue weighted by atomic mass is 15.2. The molecule has 0 saturated carbocycles. The maximum atomic E-state index is 6.03. The van der Waals surface area contributed by atoms with Crippen molar-refractivity contribution in [3.63, 3.8) is 0 Å². The number of pyridine rings is 2. The van der Waals surface area contributed by atoms with E-state index in [1.807, 2.05) is 42.9 Å². The van der Waals surface area contributed by atoms with E-state index in [9.17, 15) is 0 Å². The molecule has 0 aliphatic carbocycles. The SMILES string of the molecule is Nc1ccc2nc(-c3ccncc3)c(CN3CCCCCC3)n2c1. The smallest absolute Gasteiger partial charge is 0.137 e. The van der Waals surface area contributed by atoms with Gasteiger partial charge in [-0.15, -0.1) is 0 Å². The van der Waals surface area contributed by atoms with Crippen LogP contribution < -0.4 is 5.73 Å². The van der Waals surface area contributed by atoms with Gasteiger partial charge in [-0.1, -0.05) is 12.8 Å². The van der Waals surface area contributed by atoms with Crippen LogP contribution in [0, 0.1) is 0 Å². The summed E-state index contributed by atoms with van der Waals surface area (Å²) < 4.78 is 2.15. The highest BCUT2D eigenvalue weighted by Gasteiger charge is 2.18. The largest absolute Gasteiger partial charge is 0.398 e. The Kier molecular flexibility index (Phi) is 4.17. The zero-order valence-corrected chi connectivity index (χ0v) is 13.9. The number of rotatable bonds is 3. The fraction of sp³-hybridized carbons (Fsp3) is 0.368. The van der Waals surface area contributed by atoms with Crippen LogP contribution in [0.4, 0.5) is 5.69 Å². The molecular formula is C19H23N5. The van der Waals surface area contributed by atoms with Gasteiger partial charge in [-0.3, -0.25) is 9.88 Å². The summed E-state index contributed by atoms with van der Waals surface area (Å²) in [7, 11) is 0. The van der Waals surface area contributed by atoms with Gasteiger partial charge < -0.3 is 10.1 Å². The molecule has 2 N–H and O–H groups in total. The summed E-state index contributed by atoms with van der Waals surface area (Å²) in [5.41, 5.74) is 11.1. The number of nitrogens with two attached hydrogens (primary N) is 1. The van der Waals surface area contributed by atoms with Gasteiger partial charge in [0.2, 0.25) is 0 Å². The average Bonchev–Trinajstić information content (AvgIpc) is 2.78. The summed E-state index contributed by atoms with van der Waals surface area (Å²) >= 11 is 0. The fourth-order valence-electron chi connectivity index (χ4n) is 3.51. The van der Waals surface area contributed by atoms with E-state index in [0.29, 0.717) is 0 Å². The first kappa shape index (κ1) is 15.1. The van der Waals surface area contributed by atoms with Gasteiger partial charge >= 0.3 is 0 Å². The van der Waals surface area contributed by atoms with Gasteiger partial charge in [-0.2, -0.15) is 0 Å². The Morgan fingerprint density at radius 1 is 0.958 bits per heavy atom. The zero-order chi connectivity index (χ0) is 16.4. The predicted molar refractivity (Wildman–Crippen MR) is 96.6 cm³/mol. The summed E-state index contributed by atoms with van der Waals surface area (Å²) in [5, 5.41) is 0. The minimum Gasteiger partial charge on any atom is -0.398 e. The van der Waals surface area contributed by atoms with Crippen molar-refractivity contribution in [2.24, 2.45) is 0 Å². The number of fused-ring (bicyclic) bond motifs is 1. The summed E-state index contributed by atoms with van der Waals surface area (Å²) in [6, 6.07) is 7.95. The van der Waals surface area contributed by atoms with Crippen LogP contribution in [0.15, 0.2) is 42.9 Å². The van der Waals surface area contributed by atoms with Crippen LogP contribution in [0.25, 0.3) is 16.9 Å². The molecule has 0 amide bonds. The number of hydrogen-bond donors (Lipinski definition) is 1. The van der Waals surface area contributed by atoms with Gasteiger partial charge in [0.25, 0.3) is 0 Å². The maximum Gasteiger partial charge on any atom is 0.137 e. The molecular weight excluding hydrogens is 298 g/mol. The number of anilines is 1. The van der Waals surface area contributed by atoms with Crippen LogP contribution in [-0.4, -0.2) is 32.4 Å². The Balaban J connectivity index is 1.79.